The van der Waals surface area contributed by atoms with Gasteiger partial charge in [0.15, 0.2) is 0 Å². The molecule has 3 rings (SSSR count). The Labute approximate surface area is 158 Å². The van der Waals surface area contributed by atoms with Crippen molar-refractivity contribution < 1.29 is 4.74 Å². The molecule has 3 nitrogen and oxygen atoms in total. The molecular formula is C23H32N2O. The molecule has 26 heavy (non-hydrogen) atoms. The summed E-state index contributed by atoms with van der Waals surface area (Å²) in [5.74, 6) is 0.937. The predicted molar refractivity (Wildman–Crippen MR) is 111 cm³/mol. The highest BCUT2D eigenvalue weighted by Gasteiger charge is 2.17. The van der Waals surface area contributed by atoms with Crippen LogP contribution < -0.4 is 9.64 Å². The number of hydrogen-bond acceptors (Lipinski definition) is 3. The molecule has 0 aliphatic carbocycles. The van der Waals surface area contributed by atoms with Crippen molar-refractivity contribution >= 4 is 5.69 Å². The van der Waals surface area contributed by atoms with Crippen LogP contribution in [-0.4, -0.2) is 44.7 Å². The summed E-state index contributed by atoms with van der Waals surface area (Å²) in [6.07, 6.45) is 3.56. The normalized spacial score (nSPS) is 15.3. The Morgan fingerprint density at radius 2 is 1.77 bits per heavy atom. The summed E-state index contributed by atoms with van der Waals surface area (Å²) in [6.45, 7) is 10.1. The Balaban J connectivity index is 1.50. The first-order valence-electron chi connectivity index (χ1n) is 9.89. The van der Waals surface area contributed by atoms with Crippen LogP contribution in [0.5, 0.6) is 5.75 Å². The highest BCUT2D eigenvalue weighted by Crippen LogP contribution is 2.22. The monoisotopic (exact) mass is 352 g/mol. The molecule has 2 aromatic carbocycles. The number of ether oxygens (including phenoxy) is 1. The molecule has 0 amide bonds. The summed E-state index contributed by atoms with van der Waals surface area (Å²) in [4.78, 5) is 5.06. The van der Waals surface area contributed by atoms with Gasteiger partial charge in [-0.2, -0.15) is 0 Å². The average molecular weight is 353 g/mol. The van der Waals surface area contributed by atoms with Gasteiger partial charge in [0, 0.05) is 44.5 Å². The SMILES string of the molecule is CCCc1cc(CCN2CCN(c3cccc(OC)c3)CC2)ccc1C. The zero-order valence-electron chi connectivity index (χ0n) is 16.5. The van der Waals surface area contributed by atoms with Crippen molar-refractivity contribution in [2.75, 3.05) is 44.7 Å². The lowest BCUT2D eigenvalue weighted by atomic mass is 9.99. The Morgan fingerprint density at radius 3 is 2.50 bits per heavy atom. The van der Waals surface area contributed by atoms with Crippen molar-refractivity contribution in [2.45, 2.75) is 33.1 Å². The summed E-state index contributed by atoms with van der Waals surface area (Å²) < 4.78 is 5.35. The molecule has 1 fully saturated rings. The number of methoxy groups -OCH3 is 1. The molecule has 0 N–H and O–H groups in total. The molecule has 2 aromatic rings. The second kappa shape index (κ2) is 9.09. The van der Waals surface area contributed by atoms with Crippen LogP contribution in [0.4, 0.5) is 5.69 Å². The van der Waals surface area contributed by atoms with Crippen LogP contribution in [-0.2, 0) is 12.8 Å². The fourth-order valence-electron chi connectivity index (χ4n) is 3.74. The van der Waals surface area contributed by atoms with Gasteiger partial charge in [0.05, 0.1) is 7.11 Å². The predicted octanol–water partition coefficient (Wildman–Crippen LogP) is 4.32. The van der Waals surface area contributed by atoms with E-state index in [1.54, 1.807) is 7.11 Å². The number of rotatable bonds is 7. The van der Waals surface area contributed by atoms with Crippen LogP contribution in [0, 0.1) is 6.92 Å². The number of benzene rings is 2. The molecule has 0 aromatic heterocycles. The zero-order valence-corrected chi connectivity index (χ0v) is 16.5. The summed E-state index contributed by atoms with van der Waals surface area (Å²) in [6, 6.07) is 15.4. The Bertz CT molecular complexity index is 705. The van der Waals surface area contributed by atoms with Crippen molar-refractivity contribution in [1.29, 1.82) is 0 Å². The summed E-state index contributed by atoms with van der Waals surface area (Å²) in [5, 5.41) is 0. The number of aryl methyl sites for hydroxylation is 2. The lowest BCUT2D eigenvalue weighted by molar-refractivity contribution is 0.261. The first-order valence-corrected chi connectivity index (χ1v) is 9.89. The molecule has 0 bridgehead atoms. The minimum Gasteiger partial charge on any atom is -0.497 e. The van der Waals surface area contributed by atoms with E-state index >= 15 is 0 Å². The van der Waals surface area contributed by atoms with E-state index in [9.17, 15) is 0 Å². The summed E-state index contributed by atoms with van der Waals surface area (Å²) >= 11 is 0. The van der Waals surface area contributed by atoms with Gasteiger partial charge in [0.2, 0.25) is 0 Å². The molecule has 1 saturated heterocycles. The van der Waals surface area contributed by atoms with Crippen LogP contribution in [0.1, 0.15) is 30.0 Å². The van der Waals surface area contributed by atoms with Gasteiger partial charge < -0.3 is 9.64 Å². The molecule has 0 spiro atoms. The van der Waals surface area contributed by atoms with E-state index in [0.717, 1.165) is 44.9 Å². The van der Waals surface area contributed by atoms with Crippen LogP contribution in [0.2, 0.25) is 0 Å². The largest absolute Gasteiger partial charge is 0.497 e. The molecule has 0 saturated carbocycles. The van der Waals surface area contributed by atoms with Crippen LogP contribution >= 0.6 is 0 Å². The van der Waals surface area contributed by atoms with Crippen molar-refractivity contribution in [3.63, 3.8) is 0 Å². The minimum atomic E-state index is 0.937. The van der Waals surface area contributed by atoms with Gasteiger partial charge in [0.25, 0.3) is 0 Å². The van der Waals surface area contributed by atoms with E-state index in [1.165, 1.54) is 35.2 Å². The quantitative estimate of drug-likeness (QED) is 0.738. The molecule has 1 aliphatic rings. The standard InChI is InChI=1S/C23H32N2O/c1-4-6-21-17-20(10-9-19(21)2)11-12-24-13-15-25(16-14-24)22-7-5-8-23(18-22)26-3/h5,7-10,17-18H,4,6,11-16H2,1-3H3. The Hall–Kier alpha value is -2.00. The minimum absolute atomic E-state index is 0.937. The zero-order chi connectivity index (χ0) is 18.4. The highest BCUT2D eigenvalue weighted by atomic mass is 16.5. The average Bonchev–Trinajstić information content (AvgIpc) is 2.69. The van der Waals surface area contributed by atoms with Gasteiger partial charge in [-0.25, -0.2) is 0 Å². The van der Waals surface area contributed by atoms with E-state index in [-0.39, 0.29) is 0 Å². The molecular weight excluding hydrogens is 320 g/mol. The second-order valence-electron chi connectivity index (χ2n) is 7.29. The molecule has 1 aliphatic heterocycles. The maximum Gasteiger partial charge on any atom is 0.120 e. The molecule has 0 atom stereocenters. The lowest BCUT2D eigenvalue weighted by Gasteiger charge is -2.36. The van der Waals surface area contributed by atoms with Gasteiger partial charge in [-0.3, -0.25) is 4.90 Å². The number of piperazine rings is 1. The number of nitrogens with zero attached hydrogens (tertiary/aromatic N) is 2. The van der Waals surface area contributed by atoms with Gasteiger partial charge in [-0.15, -0.1) is 0 Å². The summed E-state index contributed by atoms with van der Waals surface area (Å²) in [5.41, 5.74) is 5.70. The van der Waals surface area contributed by atoms with Crippen molar-refractivity contribution in [2.24, 2.45) is 0 Å². The second-order valence-corrected chi connectivity index (χ2v) is 7.29. The Morgan fingerprint density at radius 1 is 0.962 bits per heavy atom. The third-order valence-corrected chi connectivity index (χ3v) is 5.44. The fraction of sp³-hybridized carbons (Fsp3) is 0.478. The lowest BCUT2D eigenvalue weighted by Crippen LogP contribution is -2.47. The van der Waals surface area contributed by atoms with E-state index in [1.807, 2.05) is 6.07 Å². The van der Waals surface area contributed by atoms with Crippen molar-refractivity contribution in [3.8, 4) is 5.75 Å². The van der Waals surface area contributed by atoms with E-state index < -0.39 is 0 Å². The molecule has 0 radical (unpaired) electrons. The van der Waals surface area contributed by atoms with Gasteiger partial charge in [0.1, 0.15) is 5.75 Å². The van der Waals surface area contributed by atoms with Crippen LogP contribution in [0.25, 0.3) is 0 Å². The van der Waals surface area contributed by atoms with Crippen molar-refractivity contribution in [1.82, 2.24) is 4.90 Å². The topological polar surface area (TPSA) is 15.7 Å². The van der Waals surface area contributed by atoms with E-state index in [2.05, 4.69) is 60.0 Å². The highest BCUT2D eigenvalue weighted by molar-refractivity contribution is 5.51. The maximum atomic E-state index is 5.35. The van der Waals surface area contributed by atoms with Gasteiger partial charge >= 0.3 is 0 Å². The molecule has 140 valence electrons. The molecule has 0 unspecified atom stereocenters. The first kappa shape index (κ1) is 18.8. The van der Waals surface area contributed by atoms with Crippen molar-refractivity contribution in [3.05, 3.63) is 59.2 Å². The molecule has 1 heterocycles. The fourth-order valence-corrected chi connectivity index (χ4v) is 3.74. The van der Waals surface area contributed by atoms with Crippen LogP contribution in [0.3, 0.4) is 0 Å². The smallest absolute Gasteiger partial charge is 0.120 e. The molecule has 3 heteroatoms. The first-order chi connectivity index (χ1) is 12.7. The number of hydrogen-bond donors (Lipinski definition) is 0. The van der Waals surface area contributed by atoms with Crippen LogP contribution in [0.15, 0.2) is 42.5 Å². The third kappa shape index (κ3) is 4.79. The number of anilines is 1. The maximum absolute atomic E-state index is 5.35. The third-order valence-electron chi connectivity index (χ3n) is 5.44. The van der Waals surface area contributed by atoms with E-state index in [0.29, 0.717) is 0 Å². The summed E-state index contributed by atoms with van der Waals surface area (Å²) in [7, 11) is 1.73. The van der Waals surface area contributed by atoms with E-state index in [4.69, 9.17) is 4.74 Å². The van der Waals surface area contributed by atoms with Gasteiger partial charge in [-0.05, 0) is 48.6 Å². The van der Waals surface area contributed by atoms with Gasteiger partial charge in [-0.1, -0.05) is 37.6 Å². The Kier molecular flexibility index (Phi) is 6.56.